The van der Waals surface area contributed by atoms with Crippen molar-refractivity contribution in [2.24, 2.45) is 5.92 Å². The third-order valence-electron chi connectivity index (χ3n) is 4.56. The van der Waals surface area contributed by atoms with E-state index in [0.29, 0.717) is 19.1 Å². The second kappa shape index (κ2) is 8.46. The molecule has 0 saturated carbocycles. The van der Waals surface area contributed by atoms with Crippen LogP contribution in [0.15, 0.2) is 23.1 Å². The molecule has 9 heteroatoms. The molecule has 3 rings (SSSR count). The standard InChI is InChI=1S/C16H23N3O4S.ClH/c1-11-7-17-5-4-15(11)19-16(20)8-18-24(21,22)14-3-2-12-9-23-10-13(12)6-14;/h2-3,6,11,15,17-18H,4-5,7-10H2,1H3,(H,19,20);1H. The minimum atomic E-state index is -3.71. The molecule has 1 amide bonds. The van der Waals surface area contributed by atoms with Crippen LogP contribution in [0.5, 0.6) is 0 Å². The average molecular weight is 390 g/mol. The van der Waals surface area contributed by atoms with E-state index in [1.165, 1.54) is 0 Å². The SMILES string of the molecule is CC1CNCCC1NC(=O)CNS(=O)(=O)c1ccc2c(c1)COC2.Cl. The number of sulfonamides is 1. The first-order valence-corrected chi connectivity index (χ1v) is 9.63. The van der Waals surface area contributed by atoms with Gasteiger partial charge in [-0.3, -0.25) is 4.79 Å². The van der Waals surface area contributed by atoms with Crippen LogP contribution in [0.2, 0.25) is 0 Å². The highest BCUT2D eigenvalue weighted by Crippen LogP contribution is 2.22. The Bertz CT molecular complexity index is 726. The molecule has 0 bridgehead atoms. The normalized spacial score (nSPS) is 22.8. The van der Waals surface area contributed by atoms with Crippen LogP contribution in [-0.2, 0) is 32.8 Å². The lowest BCUT2D eigenvalue weighted by molar-refractivity contribution is -0.121. The van der Waals surface area contributed by atoms with Gasteiger partial charge in [-0.05, 0) is 48.7 Å². The molecular formula is C16H24ClN3O4S. The van der Waals surface area contributed by atoms with Gasteiger partial charge in [0.15, 0.2) is 0 Å². The molecule has 1 saturated heterocycles. The lowest BCUT2D eigenvalue weighted by Crippen LogP contribution is -2.50. The number of hydrogen-bond donors (Lipinski definition) is 3. The Labute approximate surface area is 154 Å². The number of rotatable bonds is 5. The molecule has 0 aromatic heterocycles. The molecule has 2 atom stereocenters. The number of carbonyl (C=O) groups is 1. The predicted octanol–water partition coefficient (Wildman–Crippen LogP) is 0.531. The molecule has 1 aromatic carbocycles. The van der Waals surface area contributed by atoms with Crippen LogP contribution in [0.1, 0.15) is 24.5 Å². The van der Waals surface area contributed by atoms with Crippen molar-refractivity contribution in [1.82, 2.24) is 15.4 Å². The van der Waals surface area contributed by atoms with E-state index in [4.69, 9.17) is 4.74 Å². The van der Waals surface area contributed by atoms with Crippen molar-refractivity contribution in [3.8, 4) is 0 Å². The number of nitrogens with one attached hydrogen (secondary N) is 3. The molecule has 0 radical (unpaired) electrons. The Morgan fingerprint density at radius 2 is 2.08 bits per heavy atom. The number of hydrogen-bond acceptors (Lipinski definition) is 5. The Morgan fingerprint density at radius 1 is 1.32 bits per heavy atom. The maximum absolute atomic E-state index is 12.4. The summed E-state index contributed by atoms with van der Waals surface area (Å²) in [6.07, 6.45) is 0.852. The van der Waals surface area contributed by atoms with E-state index in [-0.39, 0.29) is 35.8 Å². The summed E-state index contributed by atoms with van der Waals surface area (Å²) in [6.45, 7) is 4.46. The van der Waals surface area contributed by atoms with Crippen molar-refractivity contribution in [3.63, 3.8) is 0 Å². The van der Waals surface area contributed by atoms with Crippen molar-refractivity contribution < 1.29 is 17.9 Å². The van der Waals surface area contributed by atoms with Gasteiger partial charge >= 0.3 is 0 Å². The molecule has 1 aromatic rings. The van der Waals surface area contributed by atoms with E-state index in [0.717, 1.165) is 30.6 Å². The van der Waals surface area contributed by atoms with Crippen LogP contribution in [0.4, 0.5) is 0 Å². The number of piperidine rings is 1. The van der Waals surface area contributed by atoms with Crippen LogP contribution in [0.3, 0.4) is 0 Å². The average Bonchev–Trinajstić information content (AvgIpc) is 3.03. The van der Waals surface area contributed by atoms with Gasteiger partial charge in [0.2, 0.25) is 15.9 Å². The van der Waals surface area contributed by atoms with E-state index >= 15 is 0 Å². The monoisotopic (exact) mass is 389 g/mol. The summed E-state index contributed by atoms with van der Waals surface area (Å²) in [5.41, 5.74) is 1.89. The first-order valence-electron chi connectivity index (χ1n) is 8.15. The van der Waals surface area contributed by atoms with Crippen LogP contribution in [-0.4, -0.2) is 40.0 Å². The molecular weight excluding hydrogens is 366 g/mol. The first-order chi connectivity index (χ1) is 11.5. The molecule has 0 aliphatic carbocycles. The second-order valence-corrected chi connectivity index (χ2v) is 8.16. The lowest BCUT2D eigenvalue weighted by Gasteiger charge is -2.30. The van der Waals surface area contributed by atoms with Gasteiger partial charge in [-0.2, -0.15) is 0 Å². The molecule has 2 unspecified atom stereocenters. The summed E-state index contributed by atoms with van der Waals surface area (Å²) in [7, 11) is -3.71. The van der Waals surface area contributed by atoms with Gasteiger partial charge in [0.05, 0.1) is 24.7 Å². The van der Waals surface area contributed by atoms with Gasteiger partial charge in [0.25, 0.3) is 0 Å². The highest BCUT2D eigenvalue weighted by Gasteiger charge is 2.24. The van der Waals surface area contributed by atoms with Crippen molar-refractivity contribution in [3.05, 3.63) is 29.3 Å². The molecule has 2 aliphatic rings. The zero-order valence-corrected chi connectivity index (χ0v) is 15.7. The number of ether oxygens (including phenoxy) is 1. The van der Waals surface area contributed by atoms with Gasteiger partial charge in [0.1, 0.15) is 0 Å². The molecule has 140 valence electrons. The van der Waals surface area contributed by atoms with Gasteiger partial charge in [-0.25, -0.2) is 13.1 Å². The predicted molar refractivity (Wildman–Crippen MR) is 96.0 cm³/mol. The Morgan fingerprint density at radius 3 is 2.84 bits per heavy atom. The fourth-order valence-electron chi connectivity index (χ4n) is 3.05. The fourth-order valence-corrected chi connectivity index (χ4v) is 4.08. The van der Waals surface area contributed by atoms with E-state index in [1.54, 1.807) is 18.2 Å². The first kappa shape index (κ1) is 20.1. The molecule has 7 nitrogen and oxygen atoms in total. The maximum atomic E-state index is 12.4. The summed E-state index contributed by atoms with van der Waals surface area (Å²) in [5.74, 6) is 0.0258. The second-order valence-electron chi connectivity index (χ2n) is 6.39. The largest absolute Gasteiger partial charge is 0.372 e. The third-order valence-corrected chi connectivity index (χ3v) is 5.96. The zero-order chi connectivity index (χ0) is 17.2. The smallest absolute Gasteiger partial charge is 0.241 e. The minimum Gasteiger partial charge on any atom is -0.372 e. The van der Waals surface area contributed by atoms with Crippen molar-refractivity contribution in [1.29, 1.82) is 0 Å². The summed E-state index contributed by atoms with van der Waals surface area (Å²) < 4.78 is 32.4. The number of fused-ring (bicyclic) bond motifs is 1. The summed E-state index contributed by atoms with van der Waals surface area (Å²) >= 11 is 0. The van der Waals surface area contributed by atoms with Gasteiger partial charge < -0.3 is 15.4 Å². The van der Waals surface area contributed by atoms with Crippen LogP contribution >= 0.6 is 12.4 Å². The zero-order valence-electron chi connectivity index (χ0n) is 14.1. The summed E-state index contributed by atoms with van der Waals surface area (Å²) in [6, 6.07) is 4.99. The fraction of sp³-hybridized carbons (Fsp3) is 0.562. The quantitative estimate of drug-likeness (QED) is 0.682. The van der Waals surface area contributed by atoms with Crippen molar-refractivity contribution in [2.45, 2.75) is 37.5 Å². The highest BCUT2D eigenvalue weighted by molar-refractivity contribution is 7.89. The third kappa shape index (κ3) is 4.92. The van der Waals surface area contributed by atoms with Crippen molar-refractivity contribution >= 4 is 28.3 Å². The number of amides is 1. The van der Waals surface area contributed by atoms with Crippen LogP contribution in [0.25, 0.3) is 0 Å². The van der Waals surface area contributed by atoms with E-state index < -0.39 is 10.0 Å². The topological polar surface area (TPSA) is 96.5 Å². The Hall–Kier alpha value is -1.19. The van der Waals surface area contributed by atoms with E-state index in [2.05, 4.69) is 22.3 Å². The molecule has 25 heavy (non-hydrogen) atoms. The van der Waals surface area contributed by atoms with E-state index in [9.17, 15) is 13.2 Å². The highest BCUT2D eigenvalue weighted by atomic mass is 35.5. The number of benzene rings is 1. The van der Waals surface area contributed by atoms with Gasteiger partial charge in [0, 0.05) is 6.04 Å². The van der Waals surface area contributed by atoms with Crippen LogP contribution in [0, 0.1) is 5.92 Å². The minimum absolute atomic E-state index is 0. The molecule has 2 aliphatic heterocycles. The Kier molecular flexibility index (Phi) is 6.81. The molecule has 2 heterocycles. The summed E-state index contributed by atoms with van der Waals surface area (Å²) in [5, 5.41) is 6.17. The van der Waals surface area contributed by atoms with E-state index in [1.807, 2.05) is 0 Å². The lowest BCUT2D eigenvalue weighted by atomic mass is 9.95. The summed E-state index contributed by atoms with van der Waals surface area (Å²) in [4.78, 5) is 12.2. The van der Waals surface area contributed by atoms with Crippen molar-refractivity contribution in [2.75, 3.05) is 19.6 Å². The molecule has 0 spiro atoms. The van der Waals surface area contributed by atoms with Gasteiger partial charge in [-0.1, -0.05) is 13.0 Å². The van der Waals surface area contributed by atoms with Crippen LogP contribution < -0.4 is 15.4 Å². The molecule has 3 N–H and O–H groups in total. The number of carbonyl (C=O) groups excluding carboxylic acids is 1. The number of halogens is 1. The Balaban J connectivity index is 0.00000225. The maximum Gasteiger partial charge on any atom is 0.241 e. The van der Waals surface area contributed by atoms with Gasteiger partial charge in [-0.15, -0.1) is 12.4 Å². The molecule has 1 fully saturated rings.